The van der Waals surface area contributed by atoms with Crippen LogP contribution in [0, 0.1) is 46.1 Å². The van der Waals surface area contributed by atoms with Crippen molar-refractivity contribution >= 4 is 16.8 Å². The zero-order valence-electron chi connectivity index (χ0n) is 19.0. The summed E-state index contributed by atoms with van der Waals surface area (Å²) in [7, 11) is 0. The van der Waals surface area contributed by atoms with E-state index in [1.165, 1.54) is 23.3 Å². The molecular weight excluding hydrogens is 452 g/mol. The summed E-state index contributed by atoms with van der Waals surface area (Å²) in [5.74, 6) is -0.967. The van der Waals surface area contributed by atoms with Crippen LogP contribution in [0.15, 0.2) is 36.5 Å². The third-order valence-corrected chi connectivity index (χ3v) is 6.95. The molecule has 1 aliphatic carbocycles. The van der Waals surface area contributed by atoms with Gasteiger partial charge in [0.25, 0.3) is 0 Å². The van der Waals surface area contributed by atoms with Gasteiger partial charge in [-0.05, 0) is 67.5 Å². The Labute approximate surface area is 201 Å². The predicted molar refractivity (Wildman–Crippen MR) is 121 cm³/mol. The summed E-state index contributed by atoms with van der Waals surface area (Å²) in [6.45, 7) is 0.973. The number of nitriles is 2. The molecule has 1 saturated heterocycles. The molecule has 1 aliphatic heterocycles. The van der Waals surface area contributed by atoms with Crippen molar-refractivity contribution in [1.29, 1.82) is 10.5 Å². The Kier molecular flexibility index (Phi) is 6.19. The number of benzene rings is 2. The maximum absolute atomic E-state index is 14.2. The van der Waals surface area contributed by atoms with Gasteiger partial charge in [-0.2, -0.15) is 15.6 Å². The highest BCUT2D eigenvalue weighted by molar-refractivity contribution is 5.80. The fourth-order valence-electron chi connectivity index (χ4n) is 5.18. The Balaban J connectivity index is 1.22. The summed E-state index contributed by atoms with van der Waals surface area (Å²) in [5.41, 5.74) is 1.48. The van der Waals surface area contributed by atoms with Crippen molar-refractivity contribution in [2.75, 3.05) is 6.61 Å². The van der Waals surface area contributed by atoms with Gasteiger partial charge in [-0.15, -0.1) is 0 Å². The lowest BCUT2D eigenvalue weighted by molar-refractivity contribution is -0.183. The Morgan fingerprint density at radius 1 is 1.03 bits per heavy atom. The van der Waals surface area contributed by atoms with Crippen LogP contribution in [-0.4, -0.2) is 27.4 Å². The van der Waals surface area contributed by atoms with E-state index in [0.29, 0.717) is 54.8 Å². The number of hydrogen-bond acceptors (Lipinski definition) is 5. The van der Waals surface area contributed by atoms with Crippen molar-refractivity contribution in [3.8, 4) is 12.1 Å². The maximum Gasteiger partial charge on any atom is 0.249 e. The molecular formula is C26H23F2N5O2. The maximum atomic E-state index is 14.2. The lowest BCUT2D eigenvalue weighted by atomic mass is 9.81. The molecule has 2 heterocycles. The first-order valence-corrected chi connectivity index (χ1v) is 11.7. The van der Waals surface area contributed by atoms with Crippen molar-refractivity contribution in [1.82, 2.24) is 14.8 Å². The minimum absolute atomic E-state index is 0.107. The van der Waals surface area contributed by atoms with Crippen LogP contribution in [0.2, 0.25) is 0 Å². The van der Waals surface area contributed by atoms with Crippen LogP contribution in [0.25, 0.3) is 10.9 Å². The van der Waals surface area contributed by atoms with Crippen LogP contribution >= 0.6 is 0 Å². The van der Waals surface area contributed by atoms with Crippen molar-refractivity contribution in [3.63, 3.8) is 0 Å². The fraction of sp³-hybridized carbons (Fsp3) is 0.385. The first-order chi connectivity index (χ1) is 16.9. The first-order valence-electron chi connectivity index (χ1n) is 11.7. The highest BCUT2D eigenvalue weighted by atomic mass is 19.1. The number of halogens is 2. The van der Waals surface area contributed by atoms with E-state index in [0.717, 1.165) is 12.8 Å². The van der Waals surface area contributed by atoms with Crippen LogP contribution in [-0.2, 0) is 16.2 Å². The molecule has 1 atom stereocenters. The SMILES string of the molecule is N#Cc1cc(F)cc([C@@H]2CCON2C(=O)[C@H]2CC[C@H](Cn3cc4c(F)cc(C#N)cc4n3)CC2)c1. The average Bonchev–Trinajstić information content (AvgIpc) is 3.51. The lowest BCUT2D eigenvalue weighted by Gasteiger charge is -2.32. The molecule has 0 N–H and O–H groups in total. The van der Waals surface area contributed by atoms with E-state index in [4.69, 9.17) is 15.4 Å². The number of carbonyl (C=O) groups is 1. The number of carbonyl (C=O) groups excluding carboxylic acids is 1. The van der Waals surface area contributed by atoms with Gasteiger partial charge >= 0.3 is 0 Å². The van der Waals surface area contributed by atoms with Crippen molar-refractivity contribution in [3.05, 3.63) is 64.9 Å². The van der Waals surface area contributed by atoms with Crippen molar-refractivity contribution in [2.24, 2.45) is 11.8 Å². The van der Waals surface area contributed by atoms with Crippen molar-refractivity contribution in [2.45, 2.75) is 44.7 Å². The number of hydrogen-bond donors (Lipinski definition) is 0. The summed E-state index contributed by atoms with van der Waals surface area (Å²) in [4.78, 5) is 18.9. The van der Waals surface area contributed by atoms with E-state index in [1.807, 2.05) is 12.1 Å². The number of hydroxylamine groups is 2. The number of rotatable bonds is 4. The third kappa shape index (κ3) is 4.60. The normalized spacial score (nSPS) is 22.2. The van der Waals surface area contributed by atoms with E-state index in [2.05, 4.69) is 5.10 Å². The first kappa shape index (κ1) is 22.9. The zero-order valence-corrected chi connectivity index (χ0v) is 19.0. The summed E-state index contributed by atoms with van der Waals surface area (Å²) < 4.78 is 29.9. The fourth-order valence-corrected chi connectivity index (χ4v) is 5.18. The highest BCUT2D eigenvalue weighted by Crippen LogP contribution is 2.37. The molecule has 5 rings (SSSR count). The lowest BCUT2D eigenvalue weighted by Crippen LogP contribution is -2.37. The largest absolute Gasteiger partial charge is 0.272 e. The number of fused-ring (bicyclic) bond motifs is 1. The van der Waals surface area contributed by atoms with Crippen LogP contribution in [0.1, 0.15) is 54.8 Å². The van der Waals surface area contributed by atoms with E-state index in [9.17, 15) is 13.6 Å². The topological polar surface area (TPSA) is 94.9 Å². The highest BCUT2D eigenvalue weighted by Gasteiger charge is 2.37. The smallest absolute Gasteiger partial charge is 0.249 e. The van der Waals surface area contributed by atoms with Gasteiger partial charge in [0, 0.05) is 25.1 Å². The molecule has 0 spiro atoms. The van der Waals surface area contributed by atoms with Crippen LogP contribution in [0.5, 0.6) is 0 Å². The van der Waals surface area contributed by atoms with Gasteiger partial charge in [-0.1, -0.05) is 0 Å². The molecule has 35 heavy (non-hydrogen) atoms. The standard InChI is InChI=1S/C26H23F2N5O2/c27-21-8-17(12-29)7-20(11-21)25-5-6-35-33(25)26(34)19-3-1-16(2-4-19)14-32-15-22-23(28)9-18(13-30)10-24(22)31-32/h7-11,15-16,19,25H,1-6,14H2/t16-,19-,25-/m0/s1. The van der Waals surface area contributed by atoms with E-state index in [-0.39, 0.29) is 23.0 Å². The second-order valence-corrected chi connectivity index (χ2v) is 9.26. The molecule has 2 aliphatic rings. The molecule has 1 amide bonds. The summed E-state index contributed by atoms with van der Waals surface area (Å²) in [6, 6.07) is 10.4. The van der Waals surface area contributed by atoms with Gasteiger partial charge in [-0.3, -0.25) is 14.3 Å². The summed E-state index contributed by atoms with van der Waals surface area (Å²) in [6.07, 6.45) is 5.23. The zero-order chi connectivity index (χ0) is 24.5. The van der Waals surface area contributed by atoms with E-state index < -0.39 is 17.7 Å². The Morgan fingerprint density at radius 2 is 1.77 bits per heavy atom. The van der Waals surface area contributed by atoms with Crippen molar-refractivity contribution < 1.29 is 18.4 Å². The van der Waals surface area contributed by atoms with Gasteiger partial charge in [-0.25, -0.2) is 13.8 Å². The quantitative estimate of drug-likeness (QED) is 0.542. The molecule has 7 nitrogen and oxygen atoms in total. The molecule has 178 valence electrons. The Hall–Kier alpha value is -3.82. The second kappa shape index (κ2) is 9.44. The summed E-state index contributed by atoms with van der Waals surface area (Å²) in [5, 5.41) is 24.4. The molecule has 2 aromatic carbocycles. The molecule has 0 bridgehead atoms. The van der Waals surface area contributed by atoms with Crippen LogP contribution in [0.3, 0.4) is 0 Å². The number of amides is 1. The number of nitrogens with zero attached hydrogens (tertiary/aromatic N) is 5. The number of aromatic nitrogens is 2. The molecule has 9 heteroatoms. The monoisotopic (exact) mass is 475 g/mol. The third-order valence-electron chi connectivity index (χ3n) is 6.95. The summed E-state index contributed by atoms with van der Waals surface area (Å²) >= 11 is 0. The van der Waals surface area contributed by atoms with E-state index in [1.54, 1.807) is 23.0 Å². The van der Waals surface area contributed by atoms with Gasteiger partial charge in [0.1, 0.15) is 11.6 Å². The molecule has 2 fully saturated rings. The van der Waals surface area contributed by atoms with Gasteiger partial charge in [0.15, 0.2) is 0 Å². The minimum Gasteiger partial charge on any atom is -0.272 e. The Morgan fingerprint density at radius 3 is 2.51 bits per heavy atom. The Bertz CT molecular complexity index is 1360. The van der Waals surface area contributed by atoms with Gasteiger partial charge in [0.2, 0.25) is 5.91 Å². The van der Waals surface area contributed by atoms with Crippen LogP contribution in [0.4, 0.5) is 8.78 Å². The minimum atomic E-state index is -0.506. The van der Waals surface area contributed by atoms with Gasteiger partial charge in [0.05, 0.1) is 46.8 Å². The molecule has 1 saturated carbocycles. The molecule has 0 radical (unpaired) electrons. The predicted octanol–water partition coefficient (Wildman–Crippen LogP) is 4.77. The molecule has 1 aromatic heterocycles. The molecule has 3 aromatic rings. The average molecular weight is 475 g/mol. The van der Waals surface area contributed by atoms with Crippen LogP contribution < -0.4 is 0 Å². The second-order valence-electron chi connectivity index (χ2n) is 9.26. The van der Waals surface area contributed by atoms with E-state index >= 15 is 0 Å². The van der Waals surface area contributed by atoms with Gasteiger partial charge < -0.3 is 0 Å². The molecule has 0 unspecified atom stereocenters.